The van der Waals surface area contributed by atoms with E-state index < -0.39 is 0 Å². The lowest BCUT2D eigenvalue weighted by Crippen LogP contribution is -2.54. The zero-order valence-corrected chi connectivity index (χ0v) is 13.2. The average Bonchev–Trinajstić information content (AvgIpc) is 3.13. The molecular weight excluding hydrogens is 244 g/mol. The van der Waals surface area contributed by atoms with Gasteiger partial charge in [-0.2, -0.15) is 0 Å². The first-order valence-corrected chi connectivity index (χ1v) is 9.28. The van der Waals surface area contributed by atoms with E-state index in [-0.39, 0.29) is 0 Å². The topological polar surface area (TPSA) is 12.5 Å². The van der Waals surface area contributed by atoms with E-state index in [1.54, 1.807) is 6.42 Å². The fourth-order valence-electron chi connectivity index (χ4n) is 7.64. The largest absolute Gasteiger partial charge is 0.369 e. The number of fused-ring (bicyclic) bond motifs is 7. The second kappa shape index (κ2) is 3.83. The van der Waals surface area contributed by atoms with Crippen molar-refractivity contribution in [1.82, 2.24) is 0 Å². The van der Waals surface area contributed by atoms with Gasteiger partial charge in [0.15, 0.2) is 0 Å². The monoisotopic (exact) mass is 274 g/mol. The fourth-order valence-corrected chi connectivity index (χ4v) is 7.64. The highest BCUT2D eigenvalue weighted by atomic mass is 16.6. The average molecular weight is 274 g/mol. The highest BCUT2D eigenvalue weighted by Gasteiger charge is 2.66. The highest BCUT2D eigenvalue weighted by Crippen LogP contribution is 2.68. The lowest BCUT2D eigenvalue weighted by Gasteiger charge is -2.59. The van der Waals surface area contributed by atoms with Gasteiger partial charge in [-0.05, 0) is 80.5 Å². The molecule has 0 radical (unpaired) electrons. The molecule has 0 aromatic carbocycles. The van der Waals surface area contributed by atoms with Crippen LogP contribution >= 0.6 is 0 Å². The van der Waals surface area contributed by atoms with E-state index in [0.29, 0.717) is 23.0 Å². The number of hydrogen-bond donors (Lipinski definition) is 0. The van der Waals surface area contributed by atoms with Crippen molar-refractivity contribution in [1.29, 1.82) is 0 Å². The van der Waals surface area contributed by atoms with Crippen molar-refractivity contribution in [3.8, 4) is 0 Å². The van der Waals surface area contributed by atoms with Crippen molar-refractivity contribution in [2.24, 2.45) is 34.5 Å². The van der Waals surface area contributed by atoms with E-state index in [9.17, 15) is 0 Å². The second-order valence-corrected chi connectivity index (χ2v) is 9.27. The Balaban J connectivity index is 1.51. The Morgan fingerprint density at radius 2 is 1.70 bits per heavy atom. The minimum absolute atomic E-state index is 0.551. The molecule has 1 nitrogen and oxygen atoms in total. The first-order chi connectivity index (χ1) is 9.63. The van der Waals surface area contributed by atoms with E-state index in [0.717, 1.165) is 23.7 Å². The zero-order chi connectivity index (χ0) is 13.5. The Kier molecular flexibility index (Phi) is 2.39. The molecule has 0 aromatic heterocycles. The van der Waals surface area contributed by atoms with Crippen molar-refractivity contribution < 1.29 is 4.74 Å². The van der Waals surface area contributed by atoms with Crippen LogP contribution in [-0.4, -0.2) is 12.2 Å². The van der Waals surface area contributed by atoms with Gasteiger partial charge in [0, 0.05) is 5.41 Å². The van der Waals surface area contributed by atoms with Crippen LogP contribution in [0.3, 0.4) is 0 Å². The predicted molar refractivity (Wildman–Crippen MR) is 80.4 cm³/mol. The van der Waals surface area contributed by atoms with Crippen LogP contribution < -0.4 is 0 Å². The van der Waals surface area contributed by atoms with Gasteiger partial charge in [0.2, 0.25) is 0 Å². The Labute approximate surface area is 123 Å². The molecule has 20 heavy (non-hydrogen) atoms. The summed E-state index contributed by atoms with van der Waals surface area (Å²) in [7, 11) is 0. The van der Waals surface area contributed by atoms with Crippen LogP contribution in [0.4, 0.5) is 0 Å². The number of ether oxygens (including phenoxy) is 1. The normalized spacial score (nSPS) is 63.9. The molecule has 112 valence electrons. The van der Waals surface area contributed by atoms with Crippen molar-refractivity contribution >= 4 is 0 Å². The van der Waals surface area contributed by atoms with Gasteiger partial charge in [-0.3, -0.25) is 0 Å². The van der Waals surface area contributed by atoms with Gasteiger partial charge in [-0.25, -0.2) is 0 Å². The fraction of sp³-hybridized carbons (Fsp3) is 1.00. The summed E-state index contributed by atoms with van der Waals surface area (Å²) in [5, 5.41) is 0. The van der Waals surface area contributed by atoms with Gasteiger partial charge < -0.3 is 4.74 Å². The molecule has 5 rings (SSSR count). The van der Waals surface area contributed by atoms with Gasteiger partial charge in [0.05, 0.1) is 12.2 Å². The molecule has 0 N–H and O–H groups in total. The lowest BCUT2D eigenvalue weighted by molar-refractivity contribution is -0.103. The van der Waals surface area contributed by atoms with Crippen LogP contribution in [0.1, 0.15) is 71.6 Å². The third-order valence-electron chi connectivity index (χ3n) is 8.74. The van der Waals surface area contributed by atoms with Crippen molar-refractivity contribution in [3.05, 3.63) is 0 Å². The van der Waals surface area contributed by atoms with Crippen molar-refractivity contribution in [3.63, 3.8) is 0 Å². The van der Waals surface area contributed by atoms with E-state index in [2.05, 4.69) is 13.8 Å². The molecule has 3 unspecified atom stereocenters. The third-order valence-corrected chi connectivity index (χ3v) is 8.74. The maximum absolute atomic E-state index is 6.14. The molecule has 1 saturated heterocycles. The SMILES string of the molecule is C[C@@]12CCC[C@H]1[C@@H]1CCC3CCC4OC4[C@]3(C)[C@@H]1CC2. The first kappa shape index (κ1) is 12.5. The summed E-state index contributed by atoms with van der Waals surface area (Å²) in [6.45, 7) is 5.25. The molecule has 8 atom stereocenters. The molecule has 1 heterocycles. The van der Waals surface area contributed by atoms with Crippen LogP contribution in [-0.2, 0) is 4.74 Å². The standard InChI is InChI=1S/C19H30O/c1-18-10-3-4-14(18)13-7-5-12-6-8-16-17(20-16)19(12,2)15(13)9-11-18/h12-17H,3-11H2,1-2H3/t12?,13-,14-,15+,16?,17?,18-,19-/m0/s1. The maximum atomic E-state index is 6.14. The molecule has 4 saturated carbocycles. The smallest absolute Gasteiger partial charge is 0.0900 e. The zero-order valence-electron chi connectivity index (χ0n) is 13.2. The molecule has 0 amide bonds. The summed E-state index contributed by atoms with van der Waals surface area (Å²) >= 11 is 0. The van der Waals surface area contributed by atoms with E-state index in [1.807, 2.05) is 0 Å². The molecule has 0 spiro atoms. The van der Waals surface area contributed by atoms with Gasteiger partial charge >= 0.3 is 0 Å². The molecule has 1 aliphatic heterocycles. The summed E-state index contributed by atoms with van der Waals surface area (Å²) in [6.07, 6.45) is 14.8. The molecular formula is C19H30O. The van der Waals surface area contributed by atoms with Crippen LogP contribution in [0.2, 0.25) is 0 Å². The molecule has 4 aliphatic carbocycles. The number of epoxide rings is 1. The number of hydrogen-bond acceptors (Lipinski definition) is 1. The summed E-state index contributed by atoms with van der Waals surface area (Å²) in [6, 6.07) is 0. The molecule has 5 fully saturated rings. The van der Waals surface area contributed by atoms with Crippen LogP contribution in [0, 0.1) is 34.5 Å². The number of rotatable bonds is 0. The molecule has 0 aromatic rings. The van der Waals surface area contributed by atoms with Gasteiger partial charge in [-0.15, -0.1) is 0 Å². The van der Waals surface area contributed by atoms with E-state index in [1.165, 1.54) is 51.4 Å². The van der Waals surface area contributed by atoms with Crippen molar-refractivity contribution in [2.75, 3.05) is 0 Å². The summed E-state index contributed by atoms with van der Waals surface area (Å²) in [5.74, 6) is 4.07. The quantitative estimate of drug-likeness (QED) is 0.578. The van der Waals surface area contributed by atoms with Gasteiger partial charge in [0.25, 0.3) is 0 Å². The van der Waals surface area contributed by atoms with Crippen LogP contribution in [0.5, 0.6) is 0 Å². The Bertz CT molecular complexity index is 431. The van der Waals surface area contributed by atoms with Gasteiger partial charge in [0.1, 0.15) is 0 Å². The lowest BCUT2D eigenvalue weighted by atomic mass is 9.45. The van der Waals surface area contributed by atoms with Gasteiger partial charge in [-0.1, -0.05) is 20.3 Å². The van der Waals surface area contributed by atoms with Crippen LogP contribution in [0.15, 0.2) is 0 Å². The Hall–Kier alpha value is -0.0400. The molecule has 1 heteroatoms. The maximum Gasteiger partial charge on any atom is 0.0900 e. The highest BCUT2D eigenvalue weighted by molar-refractivity contribution is 5.14. The predicted octanol–water partition coefficient (Wildman–Crippen LogP) is 4.80. The van der Waals surface area contributed by atoms with E-state index >= 15 is 0 Å². The van der Waals surface area contributed by atoms with Crippen molar-refractivity contribution in [2.45, 2.75) is 83.8 Å². The Morgan fingerprint density at radius 3 is 2.60 bits per heavy atom. The van der Waals surface area contributed by atoms with E-state index in [4.69, 9.17) is 4.74 Å². The third kappa shape index (κ3) is 1.39. The second-order valence-electron chi connectivity index (χ2n) is 9.27. The minimum Gasteiger partial charge on any atom is -0.369 e. The summed E-state index contributed by atoms with van der Waals surface area (Å²) in [5.41, 5.74) is 1.26. The Morgan fingerprint density at radius 1 is 0.850 bits per heavy atom. The summed E-state index contributed by atoms with van der Waals surface area (Å²) < 4.78 is 6.14. The minimum atomic E-state index is 0.551. The summed E-state index contributed by atoms with van der Waals surface area (Å²) in [4.78, 5) is 0. The van der Waals surface area contributed by atoms with Crippen LogP contribution in [0.25, 0.3) is 0 Å². The molecule has 5 aliphatic rings. The molecule has 0 bridgehead atoms. The first-order valence-electron chi connectivity index (χ1n) is 9.28.